The monoisotopic (exact) mass is 567 g/mol. The van der Waals surface area contributed by atoms with Crippen LogP contribution >= 0.6 is 0 Å². The van der Waals surface area contributed by atoms with Crippen LogP contribution in [0.5, 0.6) is 34.5 Å². The number of hydrogen-bond donors (Lipinski definition) is 1. The van der Waals surface area contributed by atoms with Gasteiger partial charge >= 0.3 is 0 Å². The van der Waals surface area contributed by atoms with Crippen molar-refractivity contribution in [3.05, 3.63) is 82.9 Å². The van der Waals surface area contributed by atoms with Crippen molar-refractivity contribution in [2.45, 2.75) is 5.75 Å². The molecule has 0 saturated heterocycles. The Morgan fingerprint density at radius 2 is 1.57 bits per heavy atom. The molecule has 0 fully saturated rings. The summed E-state index contributed by atoms with van der Waals surface area (Å²) in [6.45, 7) is 0.121. The van der Waals surface area contributed by atoms with Crippen LogP contribution in [-0.2, 0) is 15.6 Å². The van der Waals surface area contributed by atoms with Gasteiger partial charge in [0.1, 0.15) is 23.0 Å². The summed E-state index contributed by atoms with van der Waals surface area (Å²) < 4.78 is 57.9. The van der Waals surface area contributed by atoms with Gasteiger partial charge in [-0.1, -0.05) is 6.07 Å². The van der Waals surface area contributed by atoms with Crippen LogP contribution < -0.4 is 33.7 Å². The first-order chi connectivity index (χ1) is 19.3. The molecule has 0 radical (unpaired) electrons. The number of methoxy groups -OCH3 is 4. The summed E-state index contributed by atoms with van der Waals surface area (Å²) in [7, 11) is 2.26. The van der Waals surface area contributed by atoms with E-state index in [4.69, 9.17) is 28.4 Å². The van der Waals surface area contributed by atoms with Crippen molar-refractivity contribution >= 4 is 27.4 Å². The fraction of sp³-hybridized carbons (Fsp3) is 0.207. The molecule has 210 valence electrons. The maximum Gasteiger partial charge on any atom is 0.231 e. The van der Waals surface area contributed by atoms with Crippen LogP contribution in [-0.4, -0.2) is 49.4 Å². The average molecular weight is 568 g/mol. The lowest BCUT2D eigenvalue weighted by molar-refractivity contribution is 0.104. The Kier molecular flexibility index (Phi) is 8.85. The Hall–Kier alpha value is -4.64. The molecule has 10 nitrogen and oxygen atoms in total. The number of rotatable bonds is 12. The standard InChI is InChI=1S/C29H29NO9S/c1-34-21-15-27(36-3)22(28(16-21)37-4)10-12-40(32,33)17-19-5-7-25(35-2)23(13-19)30-11-9-24(31)20-6-8-26-29(14-20)39-18-38-26/h5-16,30H,17-18H2,1-4H3. The van der Waals surface area contributed by atoms with Crippen LogP contribution in [0.15, 0.2) is 66.2 Å². The molecule has 0 aromatic heterocycles. The van der Waals surface area contributed by atoms with E-state index in [1.165, 1.54) is 46.8 Å². The van der Waals surface area contributed by atoms with E-state index in [1.54, 1.807) is 48.5 Å². The first-order valence-electron chi connectivity index (χ1n) is 12.0. The second-order valence-corrected chi connectivity index (χ2v) is 10.4. The number of fused-ring (bicyclic) bond motifs is 1. The van der Waals surface area contributed by atoms with Gasteiger partial charge in [-0.05, 0) is 42.0 Å². The van der Waals surface area contributed by atoms with E-state index in [1.807, 2.05) is 0 Å². The zero-order chi connectivity index (χ0) is 28.7. The zero-order valence-electron chi connectivity index (χ0n) is 22.4. The molecule has 0 amide bonds. The summed E-state index contributed by atoms with van der Waals surface area (Å²) in [6.07, 6.45) is 4.25. The second-order valence-electron chi connectivity index (χ2n) is 8.50. The highest BCUT2D eigenvalue weighted by Gasteiger charge is 2.16. The molecular formula is C29H29NO9S. The van der Waals surface area contributed by atoms with Gasteiger partial charge in [-0.2, -0.15) is 0 Å². The Morgan fingerprint density at radius 1 is 0.875 bits per heavy atom. The van der Waals surface area contributed by atoms with Crippen LogP contribution in [0.1, 0.15) is 21.5 Å². The van der Waals surface area contributed by atoms with Crippen LogP contribution in [0.4, 0.5) is 5.69 Å². The molecule has 1 heterocycles. The van der Waals surface area contributed by atoms with E-state index in [9.17, 15) is 13.2 Å². The topological polar surface area (TPSA) is 119 Å². The third-order valence-electron chi connectivity index (χ3n) is 5.96. The number of carbonyl (C=O) groups excluding carboxylic acids is 1. The Morgan fingerprint density at radius 3 is 2.25 bits per heavy atom. The van der Waals surface area contributed by atoms with Crippen molar-refractivity contribution in [2.24, 2.45) is 0 Å². The van der Waals surface area contributed by atoms with E-state index in [-0.39, 0.29) is 18.3 Å². The molecule has 3 aromatic carbocycles. The largest absolute Gasteiger partial charge is 0.496 e. The van der Waals surface area contributed by atoms with Crippen LogP contribution in [0.2, 0.25) is 0 Å². The summed E-state index contributed by atoms with van der Waals surface area (Å²) in [5, 5.41) is 4.11. The Labute approximate surface area is 232 Å². The van der Waals surface area contributed by atoms with Crippen LogP contribution in [0.25, 0.3) is 6.08 Å². The van der Waals surface area contributed by atoms with Gasteiger partial charge in [0.15, 0.2) is 27.1 Å². The molecular weight excluding hydrogens is 538 g/mol. The van der Waals surface area contributed by atoms with Crippen molar-refractivity contribution < 1.29 is 41.6 Å². The fourth-order valence-electron chi connectivity index (χ4n) is 3.96. The molecule has 4 rings (SSSR count). The van der Waals surface area contributed by atoms with Gasteiger partial charge in [0.2, 0.25) is 6.79 Å². The minimum Gasteiger partial charge on any atom is -0.496 e. The number of hydrogen-bond acceptors (Lipinski definition) is 10. The number of allylic oxidation sites excluding steroid dienone is 1. The molecule has 0 unspecified atom stereocenters. The van der Waals surface area contributed by atoms with Gasteiger partial charge in [0.05, 0.1) is 45.4 Å². The summed E-state index contributed by atoms with van der Waals surface area (Å²) in [5.41, 5.74) is 1.90. The van der Waals surface area contributed by atoms with Gasteiger partial charge < -0.3 is 33.7 Å². The van der Waals surface area contributed by atoms with Crippen molar-refractivity contribution in [1.29, 1.82) is 0 Å². The average Bonchev–Trinajstić information content (AvgIpc) is 3.43. The molecule has 0 spiro atoms. The maximum atomic E-state index is 13.0. The lowest BCUT2D eigenvalue weighted by Gasteiger charge is -2.12. The van der Waals surface area contributed by atoms with Gasteiger partial charge in [-0.15, -0.1) is 0 Å². The number of anilines is 1. The van der Waals surface area contributed by atoms with Gasteiger partial charge in [-0.3, -0.25) is 4.79 Å². The number of nitrogens with one attached hydrogen (secondary N) is 1. The highest BCUT2D eigenvalue weighted by molar-refractivity contribution is 7.93. The number of ether oxygens (including phenoxy) is 6. The van der Waals surface area contributed by atoms with Crippen LogP contribution in [0, 0.1) is 0 Å². The summed E-state index contributed by atoms with van der Waals surface area (Å²) in [4.78, 5) is 12.6. The molecule has 0 saturated carbocycles. The van der Waals surface area contributed by atoms with Crippen molar-refractivity contribution in [1.82, 2.24) is 0 Å². The molecule has 0 aliphatic carbocycles. The summed E-state index contributed by atoms with van der Waals surface area (Å²) in [5.74, 6) is 2.37. The molecule has 0 bridgehead atoms. The highest BCUT2D eigenvalue weighted by Crippen LogP contribution is 2.36. The van der Waals surface area contributed by atoms with E-state index in [0.29, 0.717) is 56.9 Å². The summed E-state index contributed by atoms with van der Waals surface area (Å²) in [6, 6.07) is 13.2. The molecule has 0 atom stereocenters. The van der Waals surface area contributed by atoms with E-state index >= 15 is 0 Å². The number of carbonyl (C=O) groups is 1. The minimum absolute atomic E-state index is 0.121. The van der Waals surface area contributed by atoms with E-state index in [0.717, 1.165) is 5.41 Å². The van der Waals surface area contributed by atoms with Crippen molar-refractivity contribution in [2.75, 3.05) is 40.5 Å². The molecule has 1 aliphatic heterocycles. The van der Waals surface area contributed by atoms with E-state index < -0.39 is 9.84 Å². The first-order valence-corrected chi connectivity index (χ1v) is 13.7. The van der Waals surface area contributed by atoms with Crippen molar-refractivity contribution in [3.63, 3.8) is 0 Å². The van der Waals surface area contributed by atoms with Crippen molar-refractivity contribution in [3.8, 4) is 34.5 Å². The highest BCUT2D eigenvalue weighted by atomic mass is 32.2. The van der Waals surface area contributed by atoms with E-state index in [2.05, 4.69) is 5.32 Å². The predicted octanol–water partition coefficient (Wildman–Crippen LogP) is 4.84. The molecule has 11 heteroatoms. The van der Waals surface area contributed by atoms with Crippen LogP contribution in [0.3, 0.4) is 0 Å². The first kappa shape index (κ1) is 28.4. The number of sulfone groups is 1. The Balaban J connectivity index is 1.49. The molecule has 1 N–H and O–H groups in total. The predicted molar refractivity (Wildman–Crippen MR) is 150 cm³/mol. The lowest BCUT2D eigenvalue weighted by Crippen LogP contribution is -2.02. The molecule has 1 aliphatic rings. The zero-order valence-corrected chi connectivity index (χ0v) is 23.2. The van der Waals surface area contributed by atoms with Gasteiger partial charge in [-0.25, -0.2) is 8.42 Å². The smallest absolute Gasteiger partial charge is 0.231 e. The fourth-order valence-corrected chi connectivity index (χ4v) is 5.04. The quantitative estimate of drug-likeness (QED) is 0.240. The van der Waals surface area contributed by atoms with Gasteiger partial charge in [0, 0.05) is 35.4 Å². The van der Waals surface area contributed by atoms with Gasteiger partial charge in [0.25, 0.3) is 0 Å². The second kappa shape index (κ2) is 12.5. The normalized spacial score (nSPS) is 12.5. The minimum atomic E-state index is -3.70. The Bertz CT molecular complexity index is 1540. The maximum absolute atomic E-state index is 13.0. The molecule has 40 heavy (non-hydrogen) atoms. The number of ketones is 1. The number of benzene rings is 3. The lowest BCUT2D eigenvalue weighted by atomic mass is 10.1. The molecule has 3 aromatic rings. The third-order valence-corrected chi connectivity index (χ3v) is 7.24. The third kappa shape index (κ3) is 6.67. The summed E-state index contributed by atoms with van der Waals surface area (Å²) >= 11 is 0. The SMILES string of the molecule is COc1cc(OC)c(C=CS(=O)(=O)Cc2ccc(OC)c(NC=CC(=O)c3ccc4c(c3)OCO4)c2)c(OC)c1.